The maximum atomic E-state index is 12.7. The lowest BCUT2D eigenvalue weighted by Crippen LogP contribution is -2.27. The predicted octanol–water partition coefficient (Wildman–Crippen LogP) is 4.64. The van der Waals surface area contributed by atoms with Gasteiger partial charge in [0.1, 0.15) is 5.69 Å². The molecule has 0 spiro atoms. The molecule has 3 aromatic rings. The molecule has 0 aliphatic heterocycles. The van der Waals surface area contributed by atoms with Crippen LogP contribution in [0.1, 0.15) is 45.8 Å². The first-order valence-electron chi connectivity index (χ1n) is 8.98. The Morgan fingerprint density at radius 3 is 2.37 bits per heavy atom. The van der Waals surface area contributed by atoms with Crippen LogP contribution in [0, 0.1) is 20.8 Å². The van der Waals surface area contributed by atoms with E-state index in [1.165, 1.54) is 11.1 Å². The van der Waals surface area contributed by atoms with E-state index >= 15 is 0 Å². The average Bonchev–Trinajstić information content (AvgIpc) is 2.65. The third-order valence-corrected chi connectivity index (χ3v) is 4.50. The number of amides is 1. The standard InChI is InChI=1S/C22H24N4O/c1-14-10-11-19(12-15(14)2)25-22-23-16(3)13-20(26-22)21(27)24-17(4)18-8-6-5-7-9-18/h5-13,17H,1-4H3,(H,24,27)(H,23,25,26). The molecular formula is C22H24N4O. The smallest absolute Gasteiger partial charge is 0.270 e. The van der Waals surface area contributed by atoms with Crippen LogP contribution in [0.4, 0.5) is 11.6 Å². The Morgan fingerprint density at radius 2 is 1.67 bits per heavy atom. The minimum Gasteiger partial charge on any atom is -0.344 e. The van der Waals surface area contributed by atoms with Crippen molar-refractivity contribution < 1.29 is 4.79 Å². The Labute approximate surface area is 159 Å². The van der Waals surface area contributed by atoms with Crippen molar-refractivity contribution in [3.8, 4) is 0 Å². The van der Waals surface area contributed by atoms with Gasteiger partial charge in [-0.1, -0.05) is 36.4 Å². The molecule has 2 aromatic carbocycles. The van der Waals surface area contributed by atoms with Crippen LogP contribution < -0.4 is 10.6 Å². The van der Waals surface area contributed by atoms with Gasteiger partial charge in [-0.3, -0.25) is 4.79 Å². The summed E-state index contributed by atoms with van der Waals surface area (Å²) in [5, 5.41) is 6.18. The maximum absolute atomic E-state index is 12.7. The fraction of sp³-hybridized carbons (Fsp3) is 0.227. The van der Waals surface area contributed by atoms with Gasteiger partial charge < -0.3 is 10.6 Å². The molecule has 0 radical (unpaired) electrons. The zero-order chi connectivity index (χ0) is 19.4. The minimum absolute atomic E-state index is 0.106. The number of benzene rings is 2. The molecule has 0 saturated heterocycles. The first-order chi connectivity index (χ1) is 12.9. The highest BCUT2D eigenvalue weighted by Gasteiger charge is 2.14. The Kier molecular flexibility index (Phi) is 5.50. The maximum Gasteiger partial charge on any atom is 0.270 e. The van der Waals surface area contributed by atoms with E-state index in [9.17, 15) is 4.79 Å². The largest absolute Gasteiger partial charge is 0.344 e. The van der Waals surface area contributed by atoms with Gasteiger partial charge in [0.25, 0.3) is 5.91 Å². The van der Waals surface area contributed by atoms with Crippen LogP contribution in [-0.2, 0) is 0 Å². The van der Waals surface area contributed by atoms with Crippen molar-refractivity contribution >= 4 is 17.5 Å². The van der Waals surface area contributed by atoms with Crippen molar-refractivity contribution in [3.63, 3.8) is 0 Å². The average molecular weight is 360 g/mol. The molecule has 1 atom stereocenters. The first-order valence-corrected chi connectivity index (χ1v) is 8.98. The van der Waals surface area contributed by atoms with Gasteiger partial charge in [0.2, 0.25) is 5.95 Å². The second kappa shape index (κ2) is 7.99. The van der Waals surface area contributed by atoms with Gasteiger partial charge >= 0.3 is 0 Å². The molecule has 0 aliphatic rings. The van der Waals surface area contributed by atoms with Gasteiger partial charge in [-0.15, -0.1) is 0 Å². The molecule has 5 nitrogen and oxygen atoms in total. The van der Waals surface area contributed by atoms with Crippen LogP contribution in [0.2, 0.25) is 0 Å². The van der Waals surface area contributed by atoms with Crippen molar-refractivity contribution in [1.82, 2.24) is 15.3 Å². The second-order valence-corrected chi connectivity index (χ2v) is 6.75. The van der Waals surface area contributed by atoms with Gasteiger partial charge in [0, 0.05) is 11.4 Å². The normalized spacial score (nSPS) is 11.7. The molecule has 1 heterocycles. The molecule has 0 fully saturated rings. The molecule has 27 heavy (non-hydrogen) atoms. The van der Waals surface area contributed by atoms with Crippen LogP contribution in [0.3, 0.4) is 0 Å². The van der Waals surface area contributed by atoms with Crippen molar-refractivity contribution in [2.24, 2.45) is 0 Å². The molecule has 0 saturated carbocycles. The zero-order valence-electron chi connectivity index (χ0n) is 16.1. The summed E-state index contributed by atoms with van der Waals surface area (Å²) in [6.07, 6.45) is 0. The van der Waals surface area contributed by atoms with E-state index in [4.69, 9.17) is 0 Å². The van der Waals surface area contributed by atoms with Crippen molar-refractivity contribution in [2.75, 3.05) is 5.32 Å². The number of carbonyl (C=O) groups excluding carboxylic acids is 1. The van der Waals surface area contributed by atoms with Crippen molar-refractivity contribution in [1.29, 1.82) is 0 Å². The predicted molar refractivity (Wildman–Crippen MR) is 108 cm³/mol. The van der Waals surface area contributed by atoms with E-state index in [-0.39, 0.29) is 11.9 Å². The molecule has 1 aromatic heterocycles. The van der Waals surface area contributed by atoms with Crippen molar-refractivity contribution in [2.45, 2.75) is 33.7 Å². The summed E-state index contributed by atoms with van der Waals surface area (Å²) in [6.45, 7) is 7.93. The van der Waals surface area contributed by atoms with Crippen LogP contribution in [0.15, 0.2) is 54.6 Å². The molecule has 0 aliphatic carbocycles. The van der Waals surface area contributed by atoms with E-state index in [1.54, 1.807) is 6.07 Å². The topological polar surface area (TPSA) is 66.9 Å². The number of anilines is 2. The highest BCUT2D eigenvalue weighted by molar-refractivity contribution is 5.93. The number of aromatic nitrogens is 2. The lowest BCUT2D eigenvalue weighted by molar-refractivity contribution is 0.0934. The van der Waals surface area contributed by atoms with Crippen LogP contribution in [0.5, 0.6) is 0 Å². The van der Waals surface area contributed by atoms with Gasteiger partial charge in [-0.2, -0.15) is 0 Å². The van der Waals surface area contributed by atoms with E-state index < -0.39 is 0 Å². The molecule has 3 rings (SSSR count). The Balaban J connectivity index is 1.78. The third-order valence-electron chi connectivity index (χ3n) is 4.50. The highest BCUT2D eigenvalue weighted by atomic mass is 16.1. The third kappa shape index (κ3) is 4.70. The van der Waals surface area contributed by atoms with E-state index in [2.05, 4.69) is 34.4 Å². The number of nitrogens with one attached hydrogen (secondary N) is 2. The Morgan fingerprint density at radius 1 is 0.926 bits per heavy atom. The SMILES string of the molecule is Cc1cc(C(=O)NC(C)c2ccccc2)nc(Nc2ccc(C)c(C)c2)n1. The number of hydrogen-bond acceptors (Lipinski definition) is 4. The molecule has 1 amide bonds. The van der Waals surface area contributed by atoms with Crippen LogP contribution in [0.25, 0.3) is 0 Å². The summed E-state index contributed by atoms with van der Waals surface area (Å²) in [6, 6.07) is 17.5. The monoisotopic (exact) mass is 360 g/mol. The number of carbonyl (C=O) groups is 1. The molecule has 138 valence electrons. The summed E-state index contributed by atoms with van der Waals surface area (Å²) in [5.41, 5.74) is 5.42. The lowest BCUT2D eigenvalue weighted by Gasteiger charge is -2.15. The molecule has 0 bridgehead atoms. The fourth-order valence-corrected chi connectivity index (χ4v) is 2.78. The summed E-state index contributed by atoms with van der Waals surface area (Å²) < 4.78 is 0. The van der Waals surface area contributed by atoms with E-state index in [0.29, 0.717) is 11.6 Å². The lowest BCUT2D eigenvalue weighted by atomic mass is 10.1. The Bertz CT molecular complexity index is 954. The van der Waals surface area contributed by atoms with E-state index in [0.717, 1.165) is 16.9 Å². The van der Waals surface area contributed by atoms with Gasteiger partial charge in [0.05, 0.1) is 6.04 Å². The van der Waals surface area contributed by atoms with E-state index in [1.807, 2.05) is 62.4 Å². The minimum atomic E-state index is -0.222. The Hall–Kier alpha value is -3.21. The second-order valence-electron chi connectivity index (χ2n) is 6.75. The molecule has 1 unspecified atom stereocenters. The summed E-state index contributed by atoms with van der Waals surface area (Å²) in [4.78, 5) is 21.4. The van der Waals surface area contributed by atoms with Gasteiger partial charge in [-0.25, -0.2) is 9.97 Å². The number of nitrogens with zero attached hydrogens (tertiary/aromatic N) is 2. The molecule has 2 N–H and O–H groups in total. The van der Waals surface area contributed by atoms with Gasteiger partial charge in [0.15, 0.2) is 0 Å². The quantitative estimate of drug-likeness (QED) is 0.696. The number of rotatable bonds is 5. The molecule has 5 heteroatoms. The van der Waals surface area contributed by atoms with Crippen molar-refractivity contribution in [3.05, 3.63) is 82.7 Å². The summed E-state index contributed by atoms with van der Waals surface area (Å²) in [7, 11) is 0. The fourth-order valence-electron chi connectivity index (χ4n) is 2.78. The van der Waals surface area contributed by atoms with Crippen LogP contribution in [-0.4, -0.2) is 15.9 Å². The summed E-state index contributed by atoms with van der Waals surface area (Å²) in [5.74, 6) is 0.191. The zero-order valence-corrected chi connectivity index (χ0v) is 16.1. The summed E-state index contributed by atoms with van der Waals surface area (Å²) >= 11 is 0. The van der Waals surface area contributed by atoms with Gasteiger partial charge in [-0.05, 0) is 62.6 Å². The first kappa shape index (κ1) is 18.6. The van der Waals surface area contributed by atoms with Crippen LogP contribution >= 0.6 is 0 Å². The molecular weight excluding hydrogens is 336 g/mol. The highest BCUT2D eigenvalue weighted by Crippen LogP contribution is 2.18. The number of hydrogen-bond donors (Lipinski definition) is 2. The number of aryl methyl sites for hydroxylation is 3.